The topological polar surface area (TPSA) is 66.5 Å². The minimum atomic E-state index is -3.44. The van der Waals surface area contributed by atoms with Crippen LogP contribution in [0.3, 0.4) is 0 Å². The van der Waals surface area contributed by atoms with E-state index in [0.717, 1.165) is 22.3 Å². The van der Waals surface area contributed by atoms with E-state index in [1.807, 2.05) is 58.0 Å². The molecule has 0 aliphatic rings. The van der Waals surface area contributed by atoms with Crippen LogP contribution in [0.5, 0.6) is 0 Å². The van der Waals surface area contributed by atoms with Crippen LogP contribution < -0.4 is 9.62 Å². The van der Waals surface area contributed by atoms with Crippen LogP contribution in [0.2, 0.25) is 0 Å². The number of aryl methyl sites for hydroxylation is 4. The molecule has 0 aromatic heterocycles. The highest BCUT2D eigenvalue weighted by Gasteiger charge is 2.18. The molecule has 2 rings (SSSR count). The predicted molar refractivity (Wildman–Crippen MR) is 106 cm³/mol. The molecule has 0 heterocycles. The van der Waals surface area contributed by atoms with Gasteiger partial charge in [-0.2, -0.15) is 0 Å². The molecule has 0 unspecified atom stereocenters. The molecular formula is C20H26N2O3S. The highest BCUT2D eigenvalue weighted by molar-refractivity contribution is 7.92. The summed E-state index contributed by atoms with van der Waals surface area (Å²) in [5.41, 5.74) is 5.35. The van der Waals surface area contributed by atoms with Crippen molar-refractivity contribution in [1.29, 1.82) is 0 Å². The number of hydrogen-bond acceptors (Lipinski definition) is 3. The molecule has 0 spiro atoms. The van der Waals surface area contributed by atoms with Crippen LogP contribution in [0, 0.1) is 27.7 Å². The largest absolute Gasteiger partial charge is 0.350 e. The van der Waals surface area contributed by atoms with Crippen molar-refractivity contribution in [1.82, 2.24) is 5.32 Å². The lowest BCUT2D eigenvalue weighted by Crippen LogP contribution is -2.38. The van der Waals surface area contributed by atoms with Gasteiger partial charge in [-0.3, -0.25) is 9.10 Å². The fourth-order valence-corrected chi connectivity index (χ4v) is 3.75. The van der Waals surface area contributed by atoms with Gasteiger partial charge in [-0.15, -0.1) is 0 Å². The number of carbonyl (C=O) groups excluding carboxylic acids is 1. The Hall–Kier alpha value is -2.34. The van der Waals surface area contributed by atoms with Crippen molar-refractivity contribution in [3.63, 3.8) is 0 Å². The van der Waals surface area contributed by atoms with Gasteiger partial charge in [0.1, 0.15) is 0 Å². The summed E-state index contributed by atoms with van der Waals surface area (Å²) in [6.45, 7) is 8.21. The second-order valence-electron chi connectivity index (χ2n) is 6.74. The van der Waals surface area contributed by atoms with E-state index in [-0.39, 0.29) is 19.0 Å². The minimum Gasteiger partial charge on any atom is -0.350 e. The first-order chi connectivity index (χ1) is 12.1. The fraction of sp³-hybridized carbons (Fsp3) is 0.350. The highest BCUT2D eigenvalue weighted by Crippen LogP contribution is 2.21. The van der Waals surface area contributed by atoms with E-state index >= 15 is 0 Å². The third-order valence-corrected chi connectivity index (χ3v) is 5.46. The van der Waals surface area contributed by atoms with Gasteiger partial charge < -0.3 is 5.32 Å². The lowest BCUT2D eigenvalue weighted by atomic mass is 10.1. The predicted octanol–water partition coefficient (Wildman–Crippen LogP) is 3.12. The zero-order valence-corrected chi connectivity index (χ0v) is 16.8. The van der Waals surface area contributed by atoms with E-state index < -0.39 is 10.0 Å². The van der Waals surface area contributed by atoms with Crippen molar-refractivity contribution in [3.05, 3.63) is 64.2 Å². The lowest BCUT2D eigenvalue weighted by Gasteiger charge is -2.23. The Kier molecular flexibility index (Phi) is 6.08. The summed E-state index contributed by atoms with van der Waals surface area (Å²) < 4.78 is 25.7. The van der Waals surface area contributed by atoms with Gasteiger partial charge in [0.05, 0.1) is 18.5 Å². The molecule has 6 heteroatoms. The van der Waals surface area contributed by atoms with Crippen molar-refractivity contribution in [2.45, 2.75) is 27.7 Å². The summed E-state index contributed by atoms with van der Waals surface area (Å²) in [7, 11) is -3.44. The Labute approximate surface area is 156 Å². The Morgan fingerprint density at radius 1 is 0.962 bits per heavy atom. The van der Waals surface area contributed by atoms with Crippen molar-refractivity contribution < 1.29 is 13.2 Å². The molecule has 2 aromatic rings. The Balaban J connectivity index is 2.10. The smallest absolute Gasteiger partial charge is 0.251 e. The van der Waals surface area contributed by atoms with Crippen molar-refractivity contribution >= 4 is 21.6 Å². The van der Waals surface area contributed by atoms with Crippen LogP contribution >= 0.6 is 0 Å². The number of nitrogens with one attached hydrogen (secondary N) is 1. The van der Waals surface area contributed by atoms with Crippen LogP contribution in [0.25, 0.3) is 0 Å². The molecule has 2 aromatic carbocycles. The van der Waals surface area contributed by atoms with E-state index in [4.69, 9.17) is 0 Å². The van der Waals surface area contributed by atoms with Gasteiger partial charge in [-0.25, -0.2) is 8.42 Å². The maximum Gasteiger partial charge on any atom is 0.251 e. The van der Waals surface area contributed by atoms with Crippen molar-refractivity contribution in [2.75, 3.05) is 23.7 Å². The van der Waals surface area contributed by atoms with Gasteiger partial charge in [0.15, 0.2) is 0 Å². The van der Waals surface area contributed by atoms with Gasteiger partial charge in [-0.05, 0) is 74.2 Å². The molecule has 0 saturated carbocycles. The summed E-state index contributed by atoms with van der Waals surface area (Å²) in [4.78, 5) is 12.3. The number of hydrogen-bond donors (Lipinski definition) is 1. The molecule has 0 aliphatic heterocycles. The van der Waals surface area contributed by atoms with E-state index in [1.54, 1.807) is 6.07 Å². The molecule has 0 aliphatic carbocycles. The average Bonchev–Trinajstić information content (AvgIpc) is 2.51. The Bertz CT molecular complexity index is 900. The molecule has 0 saturated heterocycles. The lowest BCUT2D eigenvalue weighted by molar-refractivity contribution is 0.0954. The standard InChI is InChI=1S/C20H26N2O3S/c1-14-10-15(2)12-19(11-14)22(26(5,24)25)9-8-21-20(23)18-7-6-16(3)17(4)13-18/h6-7,10-13H,8-9H2,1-5H3,(H,21,23). The van der Waals surface area contributed by atoms with E-state index in [0.29, 0.717) is 11.3 Å². The van der Waals surface area contributed by atoms with Gasteiger partial charge in [0.25, 0.3) is 5.91 Å². The van der Waals surface area contributed by atoms with Gasteiger partial charge in [-0.1, -0.05) is 12.1 Å². The monoisotopic (exact) mass is 374 g/mol. The van der Waals surface area contributed by atoms with Crippen LogP contribution in [0.15, 0.2) is 36.4 Å². The maximum atomic E-state index is 12.3. The summed E-state index contributed by atoms with van der Waals surface area (Å²) in [5, 5.41) is 2.80. The summed E-state index contributed by atoms with van der Waals surface area (Å²) in [5.74, 6) is -0.207. The fourth-order valence-electron chi connectivity index (χ4n) is 2.84. The van der Waals surface area contributed by atoms with E-state index in [9.17, 15) is 13.2 Å². The molecule has 0 bridgehead atoms. The molecule has 1 amide bonds. The van der Waals surface area contributed by atoms with E-state index in [2.05, 4.69) is 5.32 Å². The van der Waals surface area contributed by atoms with E-state index in [1.165, 1.54) is 10.6 Å². The number of rotatable bonds is 6. The third kappa shape index (κ3) is 5.08. The summed E-state index contributed by atoms with van der Waals surface area (Å²) in [6.07, 6.45) is 1.18. The van der Waals surface area contributed by atoms with Crippen LogP contribution in [0.4, 0.5) is 5.69 Å². The highest BCUT2D eigenvalue weighted by atomic mass is 32.2. The quantitative estimate of drug-likeness (QED) is 0.845. The average molecular weight is 375 g/mol. The van der Waals surface area contributed by atoms with Crippen LogP contribution in [-0.4, -0.2) is 33.7 Å². The summed E-state index contributed by atoms with van der Waals surface area (Å²) in [6, 6.07) is 11.2. The normalized spacial score (nSPS) is 11.3. The molecular weight excluding hydrogens is 348 g/mol. The second kappa shape index (κ2) is 7.91. The first-order valence-corrected chi connectivity index (χ1v) is 10.3. The molecule has 1 N–H and O–H groups in total. The first-order valence-electron chi connectivity index (χ1n) is 8.49. The van der Waals surface area contributed by atoms with Gasteiger partial charge >= 0.3 is 0 Å². The second-order valence-corrected chi connectivity index (χ2v) is 8.64. The van der Waals surface area contributed by atoms with Crippen molar-refractivity contribution in [2.24, 2.45) is 0 Å². The molecule has 5 nitrogen and oxygen atoms in total. The SMILES string of the molecule is Cc1cc(C)cc(N(CCNC(=O)c2ccc(C)c(C)c2)S(C)(=O)=O)c1. The van der Waals surface area contributed by atoms with Crippen LogP contribution in [-0.2, 0) is 10.0 Å². The molecule has 0 fully saturated rings. The minimum absolute atomic E-state index is 0.179. The zero-order valence-electron chi connectivity index (χ0n) is 16.0. The number of anilines is 1. The Morgan fingerprint density at radius 2 is 1.58 bits per heavy atom. The first kappa shape index (κ1) is 20.0. The third-order valence-electron chi connectivity index (χ3n) is 4.26. The summed E-state index contributed by atoms with van der Waals surface area (Å²) >= 11 is 0. The van der Waals surface area contributed by atoms with Crippen molar-refractivity contribution in [3.8, 4) is 0 Å². The maximum absolute atomic E-state index is 12.3. The number of sulfonamides is 1. The number of amides is 1. The Morgan fingerprint density at radius 3 is 2.12 bits per heavy atom. The molecule has 26 heavy (non-hydrogen) atoms. The molecule has 0 radical (unpaired) electrons. The molecule has 140 valence electrons. The number of benzene rings is 2. The number of nitrogens with zero attached hydrogens (tertiary/aromatic N) is 1. The van der Waals surface area contributed by atoms with Crippen LogP contribution in [0.1, 0.15) is 32.6 Å². The van der Waals surface area contributed by atoms with Gasteiger partial charge in [0, 0.05) is 12.1 Å². The molecule has 0 atom stereocenters. The number of carbonyl (C=O) groups is 1. The van der Waals surface area contributed by atoms with Gasteiger partial charge in [0.2, 0.25) is 10.0 Å². The zero-order chi connectivity index (χ0) is 19.5.